The number of sulfonamides is 1. The van der Waals surface area contributed by atoms with E-state index < -0.39 is 22.5 Å². The van der Waals surface area contributed by atoms with E-state index in [-0.39, 0.29) is 4.90 Å². The number of hydrogen-bond donors (Lipinski definition) is 1. The first-order chi connectivity index (χ1) is 15.3. The summed E-state index contributed by atoms with van der Waals surface area (Å²) < 4.78 is 32.9. The molecule has 3 aromatic carbocycles. The average Bonchev–Trinajstić information content (AvgIpc) is 2.80. The second kappa shape index (κ2) is 10.1. The van der Waals surface area contributed by atoms with Gasteiger partial charge in [0.25, 0.3) is 15.9 Å². The molecule has 0 bridgehead atoms. The fraction of sp³-hybridized carbons (Fsp3) is 0.167. The molecular formula is C24H25N3O4S. The first-order valence-electron chi connectivity index (χ1n) is 9.92. The number of nitrogens with zero attached hydrogens (tertiary/aromatic N) is 2. The van der Waals surface area contributed by atoms with Gasteiger partial charge in [0.2, 0.25) is 0 Å². The summed E-state index contributed by atoms with van der Waals surface area (Å²) in [4.78, 5) is 12.7. The van der Waals surface area contributed by atoms with Gasteiger partial charge in [-0.15, -0.1) is 0 Å². The number of hydrazone groups is 1. The van der Waals surface area contributed by atoms with Crippen molar-refractivity contribution in [3.05, 3.63) is 89.5 Å². The Hall–Kier alpha value is -3.65. The maximum absolute atomic E-state index is 13.3. The van der Waals surface area contributed by atoms with E-state index in [1.807, 2.05) is 19.9 Å². The Balaban J connectivity index is 1.84. The maximum atomic E-state index is 13.3. The van der Waals surface area contributed by atoms with Gasteiger partial charge in [-0.2, -0.15) is 5.10 Å². The van der Waals surface area contributed by atoms with E-state index in [0.29, 0.717) is 11.4 Å². The second-order valence-electron chi connectivity index (χ2n) is 7.16. The van der Waals surface area contributed by atoms with Gasteiger partial charge in [0.15, 0.2) is 0 Å². The summed E-state index contributed by atoms with van der Waals surface area (Å²) in [6.07, 6.45) is 1.46. The van der Waals surface area contributed by atoms with E-state index >= 15 is 0 Å². The molecule has 8 heteroatoms. The molecule has 0 spiro atoms. The molecule has 1 amide bonds. The predicted molar refractivity (Wildman–Crippen MR) is 126 cm³/mol. The molecule has 0 unspecified atom stereocenters. The van der Waals surface area contributed by atoms with Crippen LogP contribution in [0.15, 0.2) is 82.8 Å². The number of nitrogens with one attached hydrogen (secondary N) is 1. The zero-order valence-corrected chi connectivity index (χ0v) is 19.0. The number of anilines is 1. The average molecular weight is 452 g/mol. The Morgan fingerprint density at radius 1 is 1.00 bits per heavy atom. The summed E-state index contributed by atoms with van der Waals surface area (Å²) in [6.45, 7) is 3.41. The van der Waals surface area contributed by atoms with E-state index in [1.165, 1.54) is 18.3 Å². The minimum absolute atomic E-state index is 0.103. The van der Waals surface area contributed by atoms with E-state index in [2.05, 4.69) is 10.5 Å². The number of methoxy groups -OCH3 is 1. The van der Waals surface area contributed by atoms with Crippen LogP contribution in [0.3, 0.4) is 0 Å². The topological polar surface area (TPSA) is 88.1 Å². The molecule has 3 aromatic rings. The van der Waals surface area contributed by atoms with Gasteiger partial charge in [-0.25, -0.2) is 13.8 Å². The molecule has 32 heavy (non-hydrogen) atoms. The molecule has 1 N–H and O–H groups in total. The molecule has 0 aliphatic carbocycles. The molecule has 0 atom stereocenters. The summed E-state index contributed by atoms with van der Waals surface area (Å²) in [5.41, 5.74) is 5.49. The first kappa shape index (κ1) is 23.0. The molecule has 0 saturated carbocycles. The van der Waals surface area contributed by atoms with Crippen LogP contribution >= 0.6 is 0 Å². The molecule has 3 rings (SSSR count). The van der Waals surface area contributed by atoms with Gasteiger partial charge in [0.1, 0.15) is 12.3 Å². The zero-order valence-electron chi connectivity index (χ0n) is 18.1. The lowest BCUT2D eigenvalue weighted by Gasteiger charge is -2.24. The van der Waals surface area contributed by atoms with Gasteiger partial charge >= 0.3 is 0 Å². The fourth-order valence-electron chi connectivity index (χ4n) is 2.98. The molecule has 0 aliphatic heterocycles. The highest BCUT2D eigenvalue weighted by Crippen LogP contribution is 2.25. The van der Waals surface area contributed by atoms with Crippen LogP contribution in [0.2, 0.25) is 0 Å². The Morgan fingerprint density at radius 3 is 2.44 bits per heavy atom. The summed E-state index contributed by atoms with van der Waals surface area (Å²) in [5, 5.41) is 3.95. The Labute approximate surface area is 188 Å². The summed E-state index contributed by atoms with van der Waals surface area (Å²) in [6, 6.07) is 20.5. The number of carbonyl (C=O) groups is 1. The van der Waals surface area contributed by atoms with Crippen molar-refractivity contribution in [3.63, 3.8) is 0 Å². The number of aryl methyl sites for hydroxylation is 2. The lowest BCUT2D eigenvalue weighted by atomic mass is 10.1. The summed E-state index contributed by atoms with van der Waals surface area (Å²) in [5.74, 6) is 0.0945. The number of carbonyl (C=O) groups excluding carboxylic acids is 1. The summed E-state index contributed by atoms with van der Waals surface area (Å²) in [7, 11) is -2.40. The Bertz CT molecular complexity index is 1230. The van der Waals surface area contributed by atoms with Crippen LogP contribution < -0.4 is 14.5 Å². The molecule has 0 radical (unpaired) electrons. The highest BCUT2D eigenvalue weighted by atomic mass is 32.2. The van der Waals surface area contributed by atoms with E-state index in [4.69, 9.17) is 4.74 Å². The van der Waals surface area contributed by atoms with Crippen LogP contribution in [0, 0.1) is 13.8 Å². The third-order valence-electron chi connectivity index (χ3n) is 4.89. The zero-order chi connectivity index (χ0) is 23.1. The van der Waals surface area contributed by atoms with Gasteiger partial charge in [-0.3, -0.25) is 9.10 Å². The normalized spacial score (nSPS) is 11.3. The first-order valence-corrected chi connectivity index (χ1v) is 11.4. The van der Waals surface area contributed by atoms with Gasteiger partial charge < -0.3 is 4.74 Å². The number of ether oxygens (including phenoxy) is 1. The lowest BCUT2D eigenvalue weighted by molar-refractivity contribution is -0.119. The quantitative estimate of drug-likeness (QED) is 0.418. The van der Waals surface area contributed by atoms with Crippen LogP contribution in [0.1, 0.15) is 16.7 Å². The Kier molecular flexibility index (Phi) is 7.27. The van der Waals surface area contributed by atoms with Crippen LogP contribution in [0.4, 0.5) is 5.69 Å². The van der Waals surface area contributed by atoms with E-state index in [9.17, 15) is 13.2 Å². The van der Waals surface area contributed by atoms with Crippen molar-refractivity contribution in [2.45, 2.75) is 18.7 Å². The molecular weight excluding hydrogens is 426 g/mol. The van der Waals surface area contributed by atoms with Crippen LogP contribution in [-0.2, 0) is 14.8 Å². The van der Waals surface area contributed by atoms with Crippen LogP contribution in [-0.4, -0.2) is 34.2 Å². The minimum Gasteiger partial charge on any atom is -0.497 e. The van der Waals surface area contributed by atoms with Crippen molar-refractivity contribution in [1.82, 2.24) is 5.43 Å². The second-order valence-corrected chi connectivity index (χ2v) is 9.03. The van der Waals surface area contributed by atoms with Gasteiger partial charge in [-0.05, 0) is 66.9 Å². The van der Waals surface area contributed by atoms with Crippen LogP contribution in [0.25, 0.3) is 0 Å². The van der Waals surface area contributed by atoms with Gasteiger partial charge in [-0.1, -0.05) is 36.4 Å². The Morgan fingerprint density at radius 2 is 1.75 bits per heavy atom. The molecule has 0 aliphatic rings. The van der Waals surface area contributed by atoms with E-state index in [0.717, 1.165) is 21.0 Å². The number of hydrogen-bond acceptors (Lipinski definition) is 5. The third kappa shape index (κ3) is 5.53. The smallest absolute Gasteiger partial charge is 0.264 e. The molecule has 0 heterocycles. The third-order valence-corrected chi connectivity index (χ3v) is 6.68. The maximum Gasteiger partial charge on any atom is 0.264 e. The molecule has 7 nitrogen and oxygen atoms in total. The van der Waals surface area contributed by atoms with E-state index in [1.54, 1.807) is 61.7 Å². The van der Waals surface area contributed by atoms with Crippen molar-refractivity contribution in [2.24, 2.45) is 5.10 Å². The number of benzene rings is 3. The number of rotatable bonds is 8. The van der Waals surface area contributed by atoms with Crippen molar-refractivity contribution in [1.29, 1.82) is 0 Å². The van der Waals surface area contributed by atoms with Crippen molar-refractivity contribution >= 4 is 27.8 Å². The SMILES string of the molecule is COc1cccc(/C=N\NC(=O)CN(c2ccc(C)c(C)c2)S(=O)(=O)c2ccccc2)c1. The van der Waals surface area contributed by atoms with Gasteiger partial charge in [0, 0.05) is 0 Å². The standard InChI is InChI=1S/C24H25N3O4S/c1-18-12-13-21(14-19(18)2)27(32(29,30)23-10-5-4-6-11-23)17-24(28)26-25-16-20-8-7-9-22(15-20)31-3/h4-16H,17H2,1-3H3,(H,26,28)/b25-16-. The van der Waals surface area contributed by atoms with Crippen molar-refractivity contribution in [2.75, 3.05) is 18.0 Å². The highest BCUT2D eigenvalue weighted by Gasteiger charge is 2.27. The van der Waals surface area contributed by atoms with Crippen molar-refractivity contribution < 1.29 is 17.9 Å². The minimum atomic E-state index is -3.96. The van der Waals surface area contributed by atoms with Gasteiger partial charge in [0.05, 0.1) is 23.9 Å². The summed E-state index contributed by atoms with van der Waals surface area (Å²) >= 11 is 0. The molecule has 166 valence electrons. The lowest BCUT2D eigenvalue weighted by Crippen LogP contribution is -2.39. The number of amides is 1. The largest absolute Gasteiger partial charge is 0.497 e. The molecule has 0 aromatic heterocycles. The molecule has 0 fully saturated rings. The highest BCUT2D eigenvalue weighted by molar-refractivity contribution is 7.92. The monoisotopic (exact) mass is 451 g/mol. The molecule has 0 saturated heterocycles. The fourth-order valence-corrected chi connectivity index (χ4v) is 4.42. The van der Waals surface area contributed by atoms with Crippen LogP contribution in [0.5, 0.6) is 5.75 Å². The predicted octanol–water partition coefficient (Wildman–Crippen LogP) is 3.66. The van der Waals surface area contributed by atoms with Crippen molar-refractivity contribution in [3.8, 4) is 5.75 Å².